The summed E-state index contributed by atoms with van der Waals surface area (Å²) < 4.78 is 38.1. The Morgan fingerprint density at radius 2 is 1.71 bits per heavy atom. The van der Waals surface area contributed by atoms with Crippen molar-refractivity contribution in [2.24, 2.45) is 0 Å². The van der Waals surface area contributed by atoms with E-state index in [1.165, 1.54) is 30.7 Å². The van der Waals surface area contributed by atoms with Crippen LogP contribution in [0.3, 0.4) is 0 Å². The fraction of sp³-hybridized carbons (Fsp3) is 0.286. The van der Waals surface area contributed by atoms with Gasteiger partial charge in [-0.3, -0.25) is 4.98 Å². The largest absolute Gasteiger partial charge is 0.493 e. The third-order valence-corrected chi connectivity index (χ3v) is 7.01. The van der Waals surface area contributed by atoms with Crippen LogP contribution in [-0.4, -0.2) is 68.1 Å². The van der Waals surface area contributed by atoms with Crippen molar-refractivity contribution in [3.63, 3.8) is 0 Å². The minimum absolute atomic E-state index is 0.174. The van der Waals surface area contributed by atoms with Gasteiger partial charge >= 0.3 is 0 Å². The Morgan fingerprint density at radius 1 is 0.935 bits per heavy atom. The molecule has 2 aromatic heterocycles. The summed E-state index contributed by atoms with van der Waals surface area (Å²) in [5.74, 6) is 1.43. The molecule has 0 N–H and O–H groups in total. The molecular weight excluding hydrogens is 418 g/mol. The quantitative estimate of drug-likeness (QED) is 0.573. The molecule has 1 aromatic carbocycles. The van der Waals surface area contributed by atoms with E-state index in [9.17, 15) is 8.42 Å². The van der Waals surface area contributed by atoms with Crippen LogP contribution in [-0.2, 0) is 10.0 Å². The Kier molecular flexibility index (Phi) is 6.01. The normalized spacial score (nSPS) is 15.0. The van der Waals surface area contributed by atoms with Gasteiger partial charge in [0.2, 0.25) is 16.0 Å². The Morgan fingerprint density at radius 3 is 2.39 bits per heavy atom. The van der Waals surface area contributed by atoms with Crippen molar-refractivity contribution in [1.29, 1.82) is 0 Å². The highest BCUT2D eigenvalue weighted by Crippen LogP contribution is 2.31. The van der Waals surface area contributed by atoms with E-state index >= 15 is 0 Å². The maximum atomic E-state index is 13.1. The first-order valence-corrected chi connectivity index (χ1v) is 11.2. The standard InChI is InChI=1S/C21H23N5O4S/c1-29-19-6-5-17(14-20(19)30-2)31(27,28)26-12-10-25(11-13-26)21-23-9-7-18(24-21)16-4-3-8-22-15-16/h3-9,14-15H,10-13H2,1-2H3. The number of rotatable bonds is 6. The van der Waals surface area contributed by atoms with Gasteiger partial charge in [0.1, 0.15) is 0 Å². The molecule has 0 saturated carbocycles. The Hall–Kier alpha value is -3.24. The van der Waals surface area contributed by atoms with Crippen LogP contribution >= 0.6 is 0 Å². The van der Waals surface area contributed by atoms with Crippen LogP contribution in [0.15, 0.2) is 59.9 Å². The number of pyridine rings is 1. The van der Waals surface area contributed by atoms with Gasteiger partial charge in [-0.25, -0.2) is 18.4 Å². The van der Waals surface area contributed by atoms with Crippen LogP contribution in [0, 0.1) is 0 Å². The van der Waals surface area contributed by atoms with Crippen molar-refractivity contribution in [3.8, 4) is 22.8 Å². The zero-order valence-corrected chi connectivity index (χ0v) is 18.1. The molecule has 10 heteroatoms. The molecule has 162 valence electrons. The topological polar surface area (TPSA) is 97.8 Å². The van der Waals surface area contributed by atoms with E-state index in [-0.39, 0.29) is 4.90 Å². The summed E-state index contributed by atoms with van der Waals surface area (Å²) in [6.45, 7) is 1.64. The highest BCUT2D eigenvalue weighted by Gasteiger charge is 2.30. The number of benzene rings is 1. The Balaban J connectivity index is 1.49. The van der Waals surface area contributed by atoms with Gasteiger partial charge in [0, 0.05) is 56.4 Å². The van der Waals surface area contributed by atoms with Crippen LogP contribution < -0.4 is 14.4 Å². The van der Waals surface area contributed by atoms with Gasteiger partial charge in [-0.2, -0.15) is 4.31 Å². The predicted molar refractivity (Wildman–Crippen MR) is 116 cm³/mol. The van der Waals surface area contributed by atoms with Crippen molar-refractivity contribution in [2.45, 2.75) is 4.90 Å². The molecule has 0 radical (unpaired) electrons. The van der Waals surface area contributed by atoms with Crippen LogP contribution in [0.25, 0.3) is 11.3 Å². The van der Waals surface area contributed by atoms with Crippen molar-refractivity contribution in [2.75, 3.05) is 45.3 Å². The molecule has 3 aromatic rings. The Bertz CT molecular complexity index is 1150. The summed E-state index contributed by atoms with van der Waals surface area (Å²) in [4.78, 5) is 15.3. The molecule has 0 spiro atoms. The zero-order chi connectivity index (χ0) is 21.8. The third kappa shape index (κ3) is 4.30. The van der Waals surface area contributed by atoms with Gasteiger partial charge in [-0.05, 0) is 30.3 Å². The molecule has 1 aliphatic rings. The molecule has 0 aliphatic carbocycles. The van der Waals surface area contributed by atoms with E-state index in [4.69, 9.17) is 9.47 Å². The maximum absolute atomic E-state index is 13.1. The number of hydrogen-bond acceptors (Lipinski definition) is 8. The third-order valence-electron chi connectivity index (χ3n) is 5.11. The summed E-state index contributed by atoms with van der Waals surface area (Å²) in [5, 5.41) is 0. The number of ether oxygens (including phenoxy) is 2. The van der Waals surface area contributed by atoms with Crippen molar-refractivity contribution in [3.05, 3.63) is 55.0 Å². The minimum Gasteiger partial charge on any atom is -0.493 e. The molecule has 1 saturated heterocycles. The molecule has 9 nitrogen and oxygen atoms in total. The number of anilines is 1. The van der Waals surface area contributed by atoms with Crippen molar-refractivity contribution < 1.29 is 17.9 Å². The number of sulfonamides is 1. The lowest BCUT2D eigenvalue weighted by Crippen LogP contribution is -2.49. The lowest BCUT2D eigenvalue weighted by molar-refractivity contribution is 0.353. The fourth-order valence-electron chi connectivity index (χ4n) is 3.43. The molecule has 0 atom stereocenters. The number of hydrogen-bond donors (Lipinski definition) is 0. The second-order valence-electron chi connectivity index (χ2n) is 6.89. The summed E-state index contributed by atoms with van der Waals surface area (Å²) in [5.41, 5.74) is 1.68. The van der Waals surface area contributed by atoms with E-state index in [1.807, 2.05) is 23.1 Å². The number of nitrogens with zero attached hydrogens (tertiary/aromatic N) is 5. The highest BCUT2D eigenvalue weighted by molar-refractivity contribution is 7.89. The smallest absolute Gasteiger partial charge is 0.243 e. The maximum Gasteiger partial charge on any atom is 0.243 e. The SMILES string of the molecule is COc1ccc(S(=O)(=O)N2CCN(c3nccc(-c4cccnc4)n3)CC2)cc1OC. The van der Waals surface area contributed by atoms with Gasteiger partial charge in [0.15, 0.2) is 11.5 Å². The summed E-state index contributed by atoms with van der Waals surface area (Å²) in [6, 6.07) is 10.2. The molecule has 1 fully saturated rings. The summed E-state index contributed by atoms with van der Waals surface area (Å²) in [6.07, 6.45) is 5.17. The highest BCUT2D eigenvalue weighted by atomic mass is 32.2. The molecular formula is C21H23N5O4S. The Labute approximate surface area is 181 Å². The summed E-state index contributed by atoms with van der Waals surface area (Å²) >= 11 is 0. The first-order valence-electron chi connectivity index (χ1n) is 9.73. The van der Waals surface area contributed by atoms with E-state index in [2.05, 4.69) is 15.0 Å². The second kappa shape index (κ2) is 8.86. The van der Waals surface area contributed by atoms with Crippen LogP contribution in [0.2, 0.25) is 0 Å². The van der Waals surface area contributed by atoms with Gasteiger partial charge in [0.05, 0.1) is 24.8 Å². The van der Waals surface area contributed by atoms with Crippen molar-refractivity contribution in [1.82, 2.24) is 19.3 Å². The number of methoxy groups -OCH3 is 2. The zero-order valence-electron chi connectivity index (χ0n) is 17.3. The number of piperazine rings is 1. The molecule has 1 aliphatic heterocycles. The van der Waals surface area contributed by atoms with E-state index in [0.29, 0.717) is 43.6 Å². The predicted octanol–water partition coefficient (Wildman–Crippen LogP) is 2.07. The molecule has 4 rings (SSSR count). The van der Waals surface area contributed by atoms with Gasteiger partial charge in [-0.1, -0.05) is 0 Å². The molecule has 0 bridgehead atoms. The van der Waals surface area contributed by atoms with E-state index < -0.39 is 10.0 Å². The average Bonchev–Trinajstić information content (AvgIpc) is 2.84. The molecule has 3 heterocycles. The van der Waals surface area contributed by atoms with E-state index in [1.54, 1.807) is 24.7 Å². The van der Waals surface area contributed by atoms with Gasteiger partial charge in [0.25, 0.3) is 0 Å². The molecule has 31 heavy (non-hydrogen) atoms. The lowest BCUT2D eigenvalue weighted by atomic mass is 10.2. The average molecular weight is 442 g/mol. The minimum atomic E-state index is -3.65. The number of aromatic nitrogens is 3. The van der Waals surface area contributed by atoms with Gasteiger partial charge in [-0.15, -0.1) is 0 Å². The first kappa shape index (κ1) is 21.0. The first-order chi connectivity index (χ1) is 15.0. The molecule has 0 unspecified atom stereocenters. The lowest BCUT2D eigenvalue weighted by Gasteiger charge is -2.34. The monoisotopic (exact) mass is 441 g/mol. The van der Waals surface area contributed by atoms with Crippen molar-refractivity contribution >= 4 is 16.0 Å². The molecule has 0 amide bonds. The van der Waals surface area contributed by atoms with Gasteiger partial charge < -0.3 is 14.4 Å². The summed E-state index contributed by atoms with van der Waals surface area (Å²) in [7, 11) is -0.665. The van der Waals surface area contributed by atoms with Crippen LogP contribution in [0.4, 0.5) is 5.95 Å². The van der Waals surface area contributed by atoms with Crippen LogP contribution in [0.5, 0.6) is 11.5 Å². The fourth-order valence-corrected chi connectivity index (χ4v) is 4.87. The van der Waals surface area contributed by atoms with Crippen LogP contribution in [0.1, 0.15) is 0 Å². The second-order valence-corrected chi connectivity index (χ2v) is 8.83. The van der Waals surface area contributed by atoms with E-state index in [0.717, 1.165) is 11.3 Å².